The summed E-state index contributed by atoms with van der Waals surface area (Å²) in [7, 11) is 0. The molecule has 1 aromatic heterocycles. The smallest absolute Gasteiger partial charge is 0.119 e. The average Bonchev–Trinajstić information content (AvgIpc) is 2.39. The van der Waals surface area contributed by atoms with Crippen molar-refractivity contribution in [2.75, 3.05) is 0 Å². The van der Waals surface area contributed by atoms with Crippen molar-refractivity contribution in [1.82, 2.24) is 4.98 Å². The number of aromatic nitrogens is 1. The minimum atomic E-state index is 0.531. The van der Waals surface area contributed by atoms with E-state index in [-0.39, 0.29) is 0 Å². The van der Waals surface area contributed by atoms with Crippen LogP contribution in [0.4, 0.5) is 0 Å². The zero-order valence-electron chi connectivity index (χ0n) is 12.3. The predicted molar refractivity (Wildman–Crippen MR) is 83.1 cm³/mol. The van der Waals surface area contributed by atoms with Gasteiger partial charge in [0.05, 0.1) is 5.56 Å². The third-order valence-corrected chi connectivity index (χ3v) is 4.18. The molecule has 102 valence electrons. The third kappa shape index (κ3) is 3.20. The SMILES string of the molecule is Cc1cc(C)c(C#N)c(Sc2ccc(C(C)C)cc2)n1. The molecule has 0 bridgehead atoms. The summed E-state index contributed by atoms with van der Waals surface area (Å²) < 4.78 is 0. The van der Waals surface area contributed by atoms with Crippen molar-refractivity contribution in [2.24, 2.45) is 0 Å². The first-order valence-corrected chi connectivity index (χ1v) is 7.49. The standard InChI is InChI=1S/C17H18N2S/c1-11(2)14-5-7-15(8-6-14)20-17-16(10-18)12(3)9-13(4)19-17/h5-9,11H,1-4H3. The van der Waals surface area contributed by atoms with Gasteiger partial charge < -0.3 is 0 Å². The molecule has 2 aromatic rings. The Morgan fingerprint density at radius 2 is 1.80 bits per heavy atom. The highest BCUT2D eigenvalue weighted by atomic mass is 32.2. The van der Waals surface area contributed by atoms with Crippen molar-refractivity contribution in [3.63, 3.8) is 0 Å². The number of nitrogens with zero attached hydrogens (tertiary/aromatic N) is 2. The van der Waals surface area contributed by atoms with Crippen LogP contribution in [-0.2, 0) is 0 Å². The Morgan fingerprint density at radius 1 is 1.15 bits per heavy atom. The highest BCUT2D eigenvalue weighted by Gasteiger charge is 2.10. The van der Waals surface area contributed by atoms with E-state index in [0.717, 1.165) is 21.2 Å². The highest BCUT2D eigenvalue weighted by molar-refractivity contribution is 7.99. The Bertz CT molecular complexity index is 652. The first-order chi connectivity index (χ1) is 9.51. The lowest BCUT2D eigenvalue weighted by Gasteiger charge is -2.09. The summed E-state index contributed by atoms with van der Waals surface area (Å²) in [4.78, 5) is 5.61. The second-order valence-corrected chi connectivity index (χ2v) is 6.26. The summed E-state index contributed by atoms with van der Waals surface area (Å²) in [5.74, 6) is 0.531. The Labute approximate surface area is 124 Å². The van der Waals surface area contributed by atoms with Gasteiger partial charge in [-0.25, -0.2) is 4.98 Å². The molecule has 0 saturated heterocycles. The van der Waals surface area contributed by atoms with E-state index in [4.69, 9.17) is 0 Å². The van der Waals surface area contributed by atoms with Crippen molar-refractivity contribution in [2.45, 2.75) is 43.5 Å². The van der Waals surface area contributed by atoms with Gasteiger partial charge in [-0.1, -0.05) is 37.7 Å². The van der Waals surface area contributed by atoms with Crippen LogP contribution in [0.15, 0.2) is 40.3 Å². The summed E-state index contributed by atoms with van der Waals surface area (Å²) >= 11 is 1.55. The average molecular weight is 282 g/mol. The molecule has 2 nitrogen and oxygen atoms in total. The molecule has 1 heterocycles. The zero-order valence-corrected chi connectivity index (χ0v) is 13.1. The number of benzene rings is 1. The van der Waals surface area contributed by atoms with Crippen molar-refractivity contribution in [3.05, 3.63) is 52.7 Å². The van der Waals surface area contributed by atoms with E-state index in [1.807, 2.05) is 19.9 Å². The molecule has 3 heteroatoms. The van der Waals surface area contributed by atoms with E-state index in [1.165, 1.54) is 5.56 Å². The van der Waals surface area contributed by atoms with E-state index < -0.39 is 0 Å². The molecule has 0 amide bonds. The molecule has 0 aliphatic carbocycles. The third-order valence-electron chi connectivity index (χ3n) is 3.18. The summed E-state index contributed by atoms with van der Waals surface area (Å²) in [6.45, 7) is 8.28. The van der Waals surface area contributed by atoms with E-state index in [1.54, 1.807) is 11.8 Å². The molecule has 0 fully saturated rings. The van der Waals surface area contributed by atoms with Crippen LogP contribution in [0.3, 0.4) is 0 Å². The zero-order chi connectivity index (χ0) is 14.7. The summed E-state index contributed by atoms with van der Waals surface area (Å²) in [5.41, 5.74) is 3.93. The van der Waals surface area contributed by atoms with Crippen LogP contribution in [0.2, 0.25) is 0 Å². The molecule has 2 rings (SSSR count). The van der Waals surface area contributed by atoms with Crippen LogP contribution < -0.4 is 0 Å². The summed E-state index contributed by atoms with van der Waals surface area (Å²) in [6.07, 6.45) is 0. The van der Waals surface area contributed by atoms with Gasteiger partial charge in [-0.05, 0) is 49.1 Å². The van der Waals surface area contributed by atoms with Crippen molar-refractivity contribution in [1.29, 1.82) is 5.26 Å². The number of nitriles is 1. The summed E-state index contributed by atoms with van der Waals surface area (Å²) in [6, 6.07) is 12.7. The molecule has 0 atom stereocenters. The molecule has 0 radical (unpaired) electrons. The van der Waals surface area contributed by atoms with Gasteiger partial charge in [0.25, 0.3) is 0 Å². The molecule has 0 spiro atoms. The topological polar surface area (TPSA) is 36.7 Å². The molecule has 1 aromatic carbocycles. The Kier molecular flexibility index (Phi) is 4.46. The normalized spacial score (nSPS) is 10.6. The first-order valence-electron chi connectivity index (χ1n) is 6.67. The molecule has 0 unspecified atom stereocenters. The number of hydrogen-bond acceptors (Lipinski definition) is 3. The second kappa shape index (κ2) is 6.11. The van der Waals surface area contributed by atoms with Crippen molar-refractivity contribution >= 4 is 11.8 Å². The Morgan fingerprint density at radius 3 is 2.35 bits per heavy atom. The van der Waals surface area contributed by atoms with Gasteiger partial charge >= 0.3 is 0 Å². The molecular formula is C17H18N2S. The minimum absolute atomic E-state index is 0.531. The van der Waals surface area contributed by atoms with Crippen LogP contribution in [0.1, 0.15) is 42.1 Å². The molecule has 20 heavy (non-hydrogen) atoms. The largest absolute Gasteiger partial charge is 0.245 e. The maximum atomic E-state index is 9.28. The Balaban J connectivity index is 2.33. The quantitative estimate of drug-likeness (QED) is 0.808. The minimum Gasteiger partial charge on any atom is -0.245 e. The predicted octanol–water partition coefficient (Wildman–Crippen LogP) is 4.84. The number of hydrogen-bond donors (Lipinski definition) is 0. The highest BCUT2D eigenvalue weighted by Crippen LogP contribution is 2.31. The molecule has 0 saturated carbocycles. The van der Waals surface area contributed by atoms with Gasteiger partial charge in [0, 0.05) is 10.6 Å². The number of aryl methyl sites for hydroxylation is 2. The van der Waals surface area contributed by atoms with Gasteiger partial charge in [0.15, 0.2) is 0 Å². The van der Waals surface area contributed by atoms with Crippen LogP contribution in [0, 0.1) is 25.2 Å². The van der Waals surface area contributed by atoms with Gasteiger partial charge in [0.1, 0.15) is 11.1 Å². The number of pyridine rings is 1. The van der Waals surface area contributed by atoms with Gasteiger partial charge in [0.2, 0.25) is 0 Å². The van der Waals surface area contributed by atoms with Crippen LogP contribution in [0.25, 0.3) is 0 Å². The lowest BCUT2D eigenvalue weighted by molar-refractivity contribution is 0.865. The molecule has 0 N–H and O–H groups in total. The van der Waals surface area contributed by atoms with Crippen molar-refractivity contribution < 1.29 is 0 Å². The van der Waals surface area contributed by atoms with Crippen molar-refractivity contribution in [3.8, 4) is 6.07 Å². The number of rotatable bonds is 3. The van der Waals surface area contributed by atoms with E-state index in [0.29, 0.717) is 11.5 Å². The fourth-order valence-electron chi connectivity index (χ4n) is 2.04. The second-order valence-electron chi connectivity index (χ2n) is 5.20. The van der Waals surface area contributed by atoms with Crippen LogP contribution >= 0.6 is 11.8 Å². The maximum absolute atomic E-state index is 9.28. The fourth-order valence-corrected chi connectivity index (χ4v) is 3.04. The van der Waals surface area contributed by atoms with Gasteiger partial charge in [-0.3, -0.25) is 0 Å². The molecular weight excluding hydrogens is 264 g/mol. The van der Waals surface area contributed by atoms with E-state index in [2.05, 4.69) is 49.2 Å². The summed E-state index contributed by atoms with van der Waals surface area (Å²) in [5, 5.41) is 10.1. The first kappa shape index (κ1) is 14.6. The lowest BCUT2D eigenvalue weighted by Crippen LogP contribution is -1.94. The van der Waals surface area contributed by atoms with E-state index >= 15 is 0 Å². The monoisotopic (exact) mass is 282 g/mol. The maximum Gasteiger partial charge on any atom is 0.119 e. The van der Waals surface area contributed by atoms with Crippen LogP contribution in [-0.4, -0.2) is 4.98 Å². The van der Waals surface area contributed by atoms with E-state index in [9.17, 15) is 5.26 Å². The lowest BCUT2D eigenvalue weighted by atomic mass is 10.0. The Hall–Kier alpha value is -1.79. The molecule has 0 aliphatic heterocycles. The van der Waals surface area contributed by atoms with Crippen LogP contribution in [0.5, 0.6) is 0 Å². The van der Waals surface area contributed by atoms with Gasteiger partial charge in [-0.15, -0.1) is 0 Å². The fraction of sp³-hybridized carbons (Fsp3) is 0.294. The van der Waals surface area contributed by atoms with Gasteiger partial charge in [-0.2, -0.15) is 5.26 Å². The molecule has 0 aliphatic rings.